The molecule has 3 heteroatoms. The highest BCUT2D eigenvalue weighted by molar-refractivity contribution is 5.57. The van der Waals surface area contributed by atoms with Gasteiger partial charge in [0, 0.05) is 24.0 Å². The lowest BCUT2D eigenvalue weighted by Crippen LogP contribution is -1.81. The molecule has 0 amide bonds. The highest BCUT2D eigenvalue weighted by atomic mass is 16.5. The van der Waals surface area contributed by atoms with Crippen molar-refractivity contribution >= 4 is 0 Å². The normalized spacial score (nSPS) is 10.1. The number of pyridine rings is 1. The highest BCUT2D eigenvalue weighted by Gasteiger charge is 2.00. The van der Waals surface area contributed by atoms with E-state index in [9.17, 15) is 0 Å². The number of nitrogens with zero attached hydrogens (tertiary/aromatic N) is 2. The van der Waals surface area contributed by atoms with Crippen LogP contribution in [0.2, 0.25) is 0 Å². The minimum Gasteiger partial charge on any atom is -0.364 e. The van der Waals surface area contributed by atoms with Gasteiger partial charge >= 0.3 is 0 Å². The molecule has 0 aromatic carbocycles. The van der Waals surface area contributed by atoms with E-state index >= 15 is 0 Å². The van der Waals surface area contributed by atoms with E-state index in [1.807, 2.05) is 25.3 Å². The van der Waals surface area contributed by atoms with Gasteiger partial charge in [0.2, 0.25) is 0 Å². The van der Waals surface area contributed by atoms with Crippen molar-refractivity contribution < 1.29 is 4.52 Å². The van der Waals surface area contributed by atoms with Crippen molar-refractivity contribution in [2.24, 2.45) is 0 Å². The van der Waals surface area contributed by atoms with E-state index in [-0.39, 0.29) is 0 Å². The molecule has 0 fully saturated rings. The van der Waals surface area contributed by atoms with Gasteiger partial charge in [-0.3, -0.25) is 4.98 Å². The molecule has 2 rings (SSSR count). The zero-order chi connectivity index (χ0) is 8.39. The van der Waals surface area contributed by atoms with E-state index in [2.05, 4.69) is 10.1 Å². The van der Waals surface area contributed by atoms with Crippen molar-refractivity contribution in [1.82, 2.24) is 10.1 Å². The van der Waals surface area contributed by atoms with Crippen LogP contribution in [-0.2, 0) is 0 Å². The quantitative estimate of drug-likeness (QED) is 0.640. The Morgan fingerprint density at radius 2 is 2.25 bits per heavy atom. The van der Waals surface area contributed by atoms with Gasteiger partial charge < -0.3 is 4.52 Å². The first kappa shape index (κ1) is 7.03. The molecule has 2 aromatic heterocycles. The maximum absolute atomic E-state index is 4.73. The second kappa shape index (κ2) is 2.77. The van der Waals surface area contributed by atoms with Crippen LogP contribution in [0.3, 0.4) is 0 Å². The molecule has 0 radical (unpaired) electrons. The summed E-state index contributed by atoms with van der Waals surface area (Å²) in [6.45, 7) is 2.00. The molecule has 0 aliphatic carbocycles. The lowest BCUT2D eigenvalue weighted by atomic mass is 10.2. The van der Waals surface area contributed by atoms with Crippen LogP contribution in [0.4, 0.5) is 0 Å². The molecule has 0 aliphatic heterocycles. The maximum Gasteiger partial charge on any atom is 0.124 e. The Hall–Kier alpha value is -1.64. The predicted octanol–water partition coefficient (Wildman–Crippen LogP) is 2.05. The Morgan fingerprint density at radius 3 is 2.92 bits per heavy atom. The van der Waals surface area contributed by atoms with Gasteiger partial charge in [0.15, 0.2) is 0 Å². The monoisotopic (exact) mass is 160 g/mol. The van der Waals surface area contributed by atoms with E-state index in [1.165, 1.54) is 0 Å². The molecule has 12 heavy (non-hydrogen) atoms. The van der Waals surface area contributed by atoms with Crippen LogP contribution in [0.15, 0.2) is 35.3 Å². The predicted molar refractivity (Wildman–Crippen MR) is 44.5 cm³/mol. The van der Waals surface area contributed by atoms with Gasteiger partial charge in [0.1, 0.15) is 12.0 Å². The molecule has 0 unspecified atom stereocenters. The molecule has 0 spiro atoms. The Bertz CT molecular complexity index is 368. The van der Waals surface area contributed by atoms with Gasteiger partial charge in [-0.25, -0.2) is 0 Å². The summed E-state index contributed by atoms with van der Waals surface area (Å²) in [4.78, 5) is 4.06. The fourth-order valence-electron chi connectivity index (χ4n) is 1.06. The third-order valence-electron chi connectivity index (χ3n) is 1.61. The molecule has 2 heterocycles. The second-order valence-corrected chi connectivity index (χ2v) is 2.64. The summed E-state index contributed by atoms with van der Waals surface area (Å²) < 4.78 is 4.73. The van der Waals surface area contributed by atoms with Gasteiger partial charge in [-0.15, -0.1) is 0 Å². The van der Waals surface area contributed by atoms with Crippen LogP contribution >= 0.6 is 0 Å². The second-order valence-electron chi connectivity index (χ2n) is 2.64. The fourth-order valence-corrected chi connectivity index (χ4v) is 1.06. The molecule has 0 bridgehead atoms. The van der Waals surface area contributed by atoms with Crippen molar-refractivity contribution in [3.63, 3.8) is 0 Å². The molecule has 60 valence electrons. The van der Waals surface area contributed by atoms with Crippen molar-refractivity contribution in [1.29, 1.82) is 0 Å². The molecule has 0 N–H and O–H groups in total. The summed E-state index contributed by atoms with van der Waals surface area (Å²) in [6, 6.07) is 3.83. The smallest absolute Gasteiger partial charge is 0.124 e. The van der Waals surface area contributed by atoms with Crippen LogP contribution in [0.25, 0.3) is 11.3 Å². The van der Waals surface area contributed by atoms with E-state index < -0.39 is 0 Å². The van der Waals surface area contributed by atoms with Crippen LogP contribution in [-0.4, -0.2) is 10.1 Å². The SMILES string of the molecule is Cc1cncc(-c2ccon2)c1. The topological polar surface area (TPSA) is 38.9 Å². The third kappa shape index (κ3) is 1.21. The molecule has 0 saturated heterocycles. The summed E-state index contributed by atoms with van der Waals surface area (Å²) in [5.41, 5.74) is 2.94. The fraction of sp³-hybridized carbons (Fsp3) is 0.111. The maximum atomic E-state index is 4.73. The lowest BCUT2D eigenvalue weighted by molar-refractivity contribution is 0.422. The zero-order valence-corrected chi connectivity index (χ0v) is 6.69. The zero-order valence-electron chi connectivity index (χ0n) is 6.69. The van der Waals surface area contributed by atoms with E-state index in [1.54, 1.807) is 12.5 Å². The average molecular weight is 160 g/mol. The number of aryl methyl sites for hydroxylation is 1. The summed E-state index contributed by atoms with van der Waals surface area (Å²) in [7, 11) is 0. The largest absolute Gasteiger partial charge is 0.364 e. The first-order valence-electron chi connectivity index (χ1n) is 3.68. The molecule has 2 aromatic rings. The Morgan fingerprint density at radius 1 is 1.33 bits per heavy atom. The molecule has 0 saturated carbocycles. The molecule has 3 nitrogen and oxygen atoms in total. The number of hydrogen-bond donors (Lipinski definition) is 0. The van der Waals surface area contributed by atoms with Gasteiger partial charge in [-0.2, -0.15) is 0 Å². The minimum atomic E-state index is 0.825. The van der Waals surface area contributed by atoms with Crippen LogP contribution in [0.5, 0.6) is 0 Å². The average Bonchev–Trinajstić information content (AvgIpc) is 2.56. The minimum absolute atomic E-state index is 0.825. The number of aromatic nitrogens is 2. The summed E-state index contributed by atoms with van der Waals surface area (Å²) >= 11 is 0. The molecule has 0 aliphatic rings. The van der Waals surface area contributed by atoms with Crippen LogP contribution in [0, 0.1) is 6.92 Å². The lowest BCUT2D eigenvalue weighted by Gasteiger charge is -1.94. The van der Waals surface area contributed by atoms with Gasteiger partial charge in [-0.05, 0) is 18.6 Å². The van der Waals surface area contributed by atoms with Gasteiger partial charge in [0.05, 0.1) is 0 Å². The Balaban J connectivity index is 2.48. The van der Waals surface area contributed by atoms with Crippen molar-refractivity contribution in [2.75, 3.05) is 0 Å². The van der Waals surface area contributed by atoms with Gasteiger partial charge in [-0.1, -0.05) is 5.16 Å². The molecule has 0 atom stereocenters. The molecular formula is C9H8N2O. The first-order valence-corrected chi connectivity index (χ1v) is 3.68. The van der Waals surface area contributed by atoms with Crippen molar-refractivity contribution in [3.8, 4) is 11.3 Å². The van der Waals surface area contributed by atoms with E-state index in [0.29, 0.717) is 0 Å². The number of hydrogen-bond acceptors (Lipinski definition) is 3. The van der Waals surface area contributed by atoms with E-state index in [0.717, 1.165) is 16.8 Å². The summed E-state index contributed by atoms with van der Waals surface area (Å²) in [5.74, 6) is 0. The third-order valence-corrected chi connectivity index (χ3v) is 1.61. The number of rotatable bonds is 1. The van der Waals surface area contributed by atoms with Crippen LogP contribution < -0.4 is 0 Å². The Kier molecular flexibility index (Phi) is 1.63. The van der Waals surface area contributed by atoms with Crippen molar-refractivity contribution in [3.05, 3.63) is 36.4 Å². The van der Waals surface area contributed by atoms with Gasteiger partial charge in [0.25, 0.3) is 0 Å². The first-order chi connectivity index (χ1) is 5.86. The van der Waals surface area contributed by atoms with E-state index in [4.69, 9.17) is 4.52 Å². The highest BCUT2D eigenvalue weighted by Crippen LogP contribution is 2.15. The standard InChI is InChI=1S/C9H8N2O/c1-7-4-8(6-10-5-7)9-2-3-12-11-9/h2-6H,1H3. The summed E-state index contributed by atoms with van der Waals surface area (Å²) in [6.07, 6.45) is 5.13. The summed E-state index contributed by atoms with van der Waals surface area (Å²) in [5, 5.41) is 3.81. The Labute approximate surface area is 70.0 Å². The van der Waals surface area contributed by atoms with Crippen molar-refractivity contribution in [2.45, 2.75) is 6.92 Å². The molecular weight excluding hydrogens is 152 g/mol. The van der Waals surface area contributed by atoms with Crippen LogP contribution in [0.1, 0.15) is 5.56 Å².